The molecule has 0 radical (unpaired) electrons. The topological polar surface area (TPSA) is 41.1 Å². The molecule has 13 heavy (non-hydrogen) atoms. The zero-order valence-electron chi connectivity index (χ0n) is 7.30. The van der Waals surface area contributed by atoms with Crippen molar-refractivity contribution in [2.75, 3.05) is 6.54 Å². The number of rotatable bonds is 3. The van der Waals surface area contributed by atoms with Crippen molar-refractivity contribution < 1.29 is 4.79 Å². The fourth-order valence-corrected chi connectivity index (χ4v) is 1.06. The van der Waals surface area contributed by atoms with E-state index in [-0.39, 0.29) is 5.91 Å². The van der Waals surface area contributed by atoms with E-state index in [0.29, 0.717) is 17.1 Å². The number of hydrogen-bond donors (Lipinski definition) is 2. The highest BCUT2D eigenvalue weighted by Gasteiger charge is 2.03. The van der Waals surface area contributed by atoms with Gasteiger partial charge in [-0.3, -0.25) is 10.2 Å². The van der Waals surface area contributed by atoms with Crippen LogP contribution in [0.5, 0.6) is 0 Å². The second-order valence-corrected chi connectivity index (χ2v) is 2.93. The third-order valence-electron chi connectivity index (χ3n) is 1.47. The summed E-state index contributed by atoms with van der Waals surface area (Å²) in [5.74, 6) is -0.177. The number of nitrogens with one attached hydrogen (secondary N) is 2. The fraction of sp³-hybridized carbons (Fsp3) is 0.222. The van der Waals surface area contributed by atoms with Crippen LogP contribution in [0.3, 0.4) is 0 Å². The number of amides is 1. The van der Waals surface area contributed by atoms with Crippen LogP contribution in [0.4, 0.5) is 0 Å². The Bertz CT molecular complexity index is 301. The summed E-state index contributed by atoms with van der Waals surface area (Å²) in [5, 5.41) is 0.559. The van der Waals surface area contributed by atoms with Gasteiger partial charge < -0.3 is 0 Å². The lowest BCUT2D eigenvalue weighted by Crippen LogP contribution is -2.36. The van der Waals surface area contributed by atoms with Gasteiger partial charge in [0.25, 0.3) is 5.91 Å². The number of halogens is 1. The molecule has 70 valence electrons. The summed E-state index contributed by atoms with van der Waals surface area (Å²) in [7, 11) is 0. The Labute approximate surface area is 82.1 Å². The molecule has 0 fully saturated rings. The second-order valence-electron chi connectivity index (χ2n) is 2.49. The summed E-state index contributed by atoms with van der Waals surface area (Å²) < 4.78 is 0. The average molecular weight is 199 g/mol. The van der Waals surface area contributed by atoms with Gasteiger partial charge in [0.05, 0.1) is 0 Å². The molecule has 1 rings (SSSR count). The fourth-order valence-electron chi connectivity index (χ4n) is 0.871. The van der Waals surface area contributed by atoms with Gasteiger partial charge in [-0.1, -0.05) is 24.6 Å². The third-order valence-corrected chi connectivity index (χ3v) is 1.70. The number of hydrazine groups is 1. The van der Waals surface area contributed by atoms with E-state index >= 15 is 0 Å². The molecule has 0 aliphatic heterocycles. The number of benzene rings is 1. The highest BCUT2D eigenvalue weighted by Crippen LogP contribution is 2.09. The Balaban J connectivity index is 2.66. The predicted octanol–water partition coefficient (Wildman–Crippen LogP) is 1.59. The standard InChI is InChI=1S/C9H11ClN2O/c1-2-11-12-9(13)7-4-3-5-8(10)6-7/h3-6,11H,2H2,1H3,(H,12,13). The summed E-state index contributed by atoms with van der Waals surface area (Å²) >= 11 is 5.72. The maximum Gasteiger partial charge on any atom is 0.265 e. The zero-order valence-corrected chi connectivity index (χ0v) is 8.06. The predicted molar refractivity (Wildman–Crippen MR) is 52.6 cm³/mol. The third kappa shape index (κ3) is 3.05. The van der Waals surface area contributed by atoms with Gasteiger partial charge in [-0.25, -0.2) is 5.43 Å². The minimum Gasteiger partial charge on any atom is -0.287 e. The first kappa shape index (κ1) is 10.0. The summed E-state index contributed by atoms with van der Waals surface area (Å²) in [6.45, 7) is 2.59. The lowest BCUT2D eigenvalue weighted by Gasteiger charge is -2.04. The first-order chi connectivity index (χ1) is 6.24. The summed E-state index contributed by atoms with van der Waals surface area (Å²) in [6.07, 6.45) is 0. The maximum atomic E-state index is 11.3. The Kier molecular flexibility index (Phi) is 3.73. The molecule has 0 saturated carbocycles. The van der Waals surface area contributed by atoms with Crippen LogP contribution < -0.4 is 10.9 Å². The van der Waals surface area contributed by atoms with Crippen LogP contribution in [0.1, 0.15) is 17.3 Å². The molecule has 0 aromatic heterocycles. The van der Waals surface area contributed by atoms with E-state index in [1.54, 1.807) is 24.3 Å². The summed E-state index contributed by atoms with van der Waals surface area (Å²) in [6, 6.07) is 6.79. The first-order valence-corrected chi connectivity index (χ1v) is 4.40. The molecule has 0 aliphatic carbocycles. The van der Waals surface area contributed by atoms with Crippen LogP contribution in [-0.4, -0.2) is 12.5 Å². The molecule has 3 nitrogen and oxygen atoms in total. The molecule has 0 bridgehead atoms. The van der Waals surface area contributed by atoms with Crippen molar-refractivity contribution in [2.24, 2.45) is 0 Å². The van der Waals surface area contributed by atoms with Crippen molar-refractivity contribution in [2.45, 2.75) is 6.92 Å². The van der Waals surface area contributed by atoms with Gasteiger partial charge in [-0.15, -0.1) is 0 Å². The lowest BCUT2D eigenvalue weighted by molar-refractivity contribution is 0.0934. The monoisotopic (exact) mass is 198 g/mol. The molecular weight excluding hydrogens is 188 g/mol. The van der Waals surface area contributed by atoms with Crippen molar-refractivity contribution in [1.82, 2.24) is 10.9 Å². The van der Waals surface area contributed by atoms with Crippen LogP contribution >= 0.6 is 11.6 Å². The molecule has 0 aliphatic rings. The highest BCUT2D eigenvalue weighted by atomic mass is 35.5. The first-order valence-electron chi connectivity index (χ1n) is 4.03. The Morgan fingerprint density at radius 3 is 2.92 bits per heavy atom. The van der Waals surface area contributed by atoms with E-state index in [0.717, 1.165) is 0 Å². The van der Waals surface area contributed by atoms with E-state index in [9.17, 15) is 4.79 Å². The minimum absolute atomic E-state index is 0.177. The molecule has 2 N–H and O–H groups in total. The largest absolute Gasteiger partial charge is 0.287 e. The summed E-state index contributed by atoms with van der Waals surface area (Å²) in [5.41, 5.74) is 5.80. The van der Waals surface area contributed by atoms with E-state index in [2.05, 4.69) is 10.9 Å². The molecule has 1 aromatic rings. The van der Waals surface area contributed by atoms with Crippen molar-refractivity contribution >= 4 is 17.5 Å². The molecule has 1 amide bonds. The van der Waals surface area contributed by atoms with Crippen LogP contribution in [0.25, 0.3) is 0 Å². The van der Waals surface area contributed by atoms with E-state index < -0.39 is 0 Å². The minimum atomic E-state index is -0.177. The van der Waals surface area contributed by atoms with Crippen LogP contribution in [0, 0.1) is 0 Å². The van der Waals surface area contributed by atoms with E-state index in [4.69, 9.17) is 11.6 Å². The van der Waals surface area contributed by atoms with Crippen LogP contribution in [0.2, 0.25) is 5.02 Å². The molecule has 0 heterocycles. The molecule has 0 spiro atoms. The molecule has 0 atom stereocenters. The molecular formula is C9H11ClN2O. The average Bonchev–Trinajstić information content (AvgIpc) is 2.14. The van der Waals surface area contributed by atoms with Crippen molar-refractivity contribution in [3.63, 3.8) is 0 Å². The molecule has 1 aromatic carbocycles. The zero-order chi connectivity index (χ0) is 9.68. The Morgan fingerprint density at radius 1 is 1.54 bits per heavy atom. The van der Waals surface area contributed by atoms with Gasteiger partial charge in [-0.2, -0.15) is 0 Å². The van der Waals surface area contributed by atoms with Gasteiger partial charge in [0, 0.05) is 17.1 Å². The SMILES string of the molecule is CCNNC(=O)c1cccc(Cl)c1. The maximum absolute atomic E-state index is 11.3. The number of carbonyl (C=O) groups is 1. The Morgan fingerprint density at radius 2 is 2.31 bits per heavy atom. The van der Waals surface area contributed by atoms with Gasteiger partial charge in [0.1, 0.15) is 0 Å². The van der Waals surface area contributed by atoms with Gasteiger partial charge in [-0.05, 0) is 18.2 Å². The molecule has 4 heteroatoms. The number of carbonyl (C=O) groups excluding carboxylic acids is 1. The highest BCUT2D eigenvalue weighted by molar-refractivity contribution is 6.30. The second kappa shape index (κ2) is 4.84. The molecule has 0 unspecified atom stereocenters. The van der Waals surface area contributed by atoms with E-state index in [1.165, 1.54) is 0 Å². The van der Waals surface area contributed by atoms with Gasteiger partial charge >= 0.3 is 0 Å². The molecule has 0 saturated heterocycles. The Hall–Kier alpha value is -1.06. The van der Waals surface area contributed by atoms with Gasteiger partial charge in [0.2, 0.25) is 0 Å². The van der Waals surface area contributed by atoms with Crippen LogP contribution in [0.15, 0.2) is 24.3 Å². The van der Waals surface area contributed by atoms with Crippen molar-refractivity contribution in [1.29, 1.82) is 0 Å². The summed E-state index contributed by atoms with van der Waals surface area (Å²) in [4.78, 5) is 11.3. The normalized spacial score (nSPS) is 9.69. The number of hydrogen-bond acceptors (Lipinski definition) is 2. The van der Waals surface area contributed by atoms with Crippen molar-refractivity contribution in [3.8, 4) is 0 Å². The smallest absolute Gasteiger partial charge is 0.265 e. The van der Waals surface area contributed by atoms with E-state index in [1.807, 2.05) is 6.92 Å². The van der Waals surface area contributed by atoms with Crippen LogP contribution in [-0.2, 0) is 0 Å². The van der Waals surface area contributed by atoms with Crippen molar-refractivity contribution in [3.05, 3.63) is 34.9 Å². The van der Waals surface area contributed by atoms with Gasteiger partial charge in [0.15, 0.2) is 0 Å². The quantitative estimate of drug-likeness (QED) is 0.725. The lowest BCUT2D eigenvalue weighted by atomic mass is 10.2.